The van der Waals surface area contributed by atoms with Gasteiger partial charge in [0.05, 0.1) is 6.42 Å². The minimum Gasteiger partial charge on any atom is -0.477 e. The number of nitrogens with zero attached hydrogens (tertiary/aromatic N) is 2. The van der Waals surface area contributed by atoms with Crippen molar-refractivity contribution in [2.45, 2.75) is 22.2 Å². The second-order valence-corrected chi connectivity index (χ2v) is 9.90. The number of carbonyl (C=O) groups is 3. The molecule has 3 heterocycles. The zero-order chi connectivity index (χ0) is 21.3. The standard InChI is InChI=1S/C19H18N4O4S3/c20-12-4-2-1-3-10(12)7-13(24)22-14-16(25)23-15(18(26)27)11(8-29-17(14)23)9-30-19-21-5-6-28-19/h1-6,14,17H,7-9,20H2,(H,22,24)(H,26,27)/t14?,17-/m1/s1. The molecule has 1 aromatic heterocycles. The van der Waals surface area contributed by atoms with Gasteiger partial charge in [0.1, 0.15) is 21.5 Å². The molecular weight excluding hydrogens is 444 g/mol. The monoisotopic (exact) mass is 462 g/mol. The van der Waals surface area contributed by atoms with E-state index in [4.69, 9.17) is 5.73 Å². The number of thioether (sulfide) groups is 2. The number of anilines is 1. The molecule has 11 heteroatoms. The van der Waals surface area contributed by atoms with Crippen molar-refractivity contribution in [3.63, 3.8) is 0 Å². The number of aromatic nitrogens is 1. The molecule has 1 unspecified atom stereocenters. The molecule has 0 saturated carbocycles. The number of hydrogen-bond donors (Lipinski definition) is 3. The zero-order valence-corrected chi connectivity index (χ0v) is 18.1. The van der Waals surface area contributed by atoms with Gasteiger partial charge >= 0.3 is 5.97 Å². The molecule has 2 atom stereocenters. The topological polar surface area (TPSA) is 126 Å². The summed E-state index contributed by atoms with van der Waals surface area (Å²) in [5.41, 5.74) is 7.77. The van der Waals surface area contributed by atoms with Crippen LogP contribution in [0.1, 0.15) is 5.56 Å². The van der Waals surface area contributed by atoms with Crippen molar-refractivity contribution >= 4 is 58.3 Å². The van der Waals surface area contributed by atoms with Crippen molar-refractivity contribution in [3.05, 3.63) is 52.7 Å². The van der Waals surface area contributed by atoms with Crippen molar-refractivity contribution in [1.82, 2.24) is 15.2 Å². The molecule has 156 valence electrons. The highest BCUT2D eigenvalue weighted by Crippen LogP contribution is 2.41. The number of nitrogens with one attached hydrogen (secondary N) is 1. The number of nitrogens with two attached hydrogens (primary N) is 1. The summed E-state index contributed by atoms with van der Waals surface area (Å²) in [7, 11) is 0. The number of fused-ring (bicyclic) bond motifs is 1. The molecule has 0 spiro atoms. The van der Waals surface area contributed by atoms with Gasteiger partial charge in [0.25, 0.3) is 5.91 Å². The van der Waals surface area contributed by atoms with E-state index in [-0.39, 0.29) is 18.0 Å². The van der Waals surface area contributed by atoms with Crippen LogP contribution in [0.2, 0.25) is 0 Å². The number of amides is 2. The third-order valence-corrected chi connectivity index (χ3v) is 8.14. The summed E-state index contributed by atoms with van der Waals surface area (Å²) in [5.74, 6) is -0.937. The van der Waals surface area contributed by atoms with Crippen LogP contribution < -0.4 is 11.1 Å². The highest BCUT2D eigenvalue weighted by molar-refractivity contribution is 8.01. The van der Waals surface area contributed by atoms with Crippen LogP contribution in [0.15, 0.2) is 51.5 Å². The molecule has 2 aliphatic rings. The van der Waals surface area contributed by atoms with Gasteiger partial charge in [-0.1, -0.05) is 30.0 Å². The van der Waals surface area contributed by atoms with Gasteiger partial charge in [0.15, 0.2) is 0 Å². The molecule has 4 N–H and O–H groups in total. The third-order valence-electron chi connectivity index (χ3n) is 4.75. The summed E-state index contributed by atoms with van der Waals surface area (Å²) in [6.07, 6.45) is 1.76. The first-order valence-electron chi connectivity index (χ1n) is 9.00. The molecule has 8 nitrogen and oxygen atoms in total. The minimum atomic E-state index is -1.13. The van der Waals surface area contributed by atoms with Gasteiger partial charge in [-0.2, -0.15) is 0 Å². The van der Waals surface area contributed by atoms with Crippen LogP contribution >= 0.6 is 34.9 Å². The Hall–Kier alpha value is -2.50. The smallest absolute Gasteiger partial charge is 0.352 e. The summed E-state index contributed by atoms with van der Waals surface area (Å²) in [5, 5.41) is 13.9. The Morgan fingerprint density at radius 2 is 2.17 bits per heavy atom. The van der Waals surface area contributed by atoms with E-state index >= 15 is 0 Å². The minimum absolute atomic E-state index is 0.0191. The van der Waals surface area contributed by atoms with Gasteiger partial charge in [0.2, 0.25) is 5.91 Å². The molecule has 0 bridgehead atoms. The lowest BCUT2D eigenvalue weighted by Crippen LogP contribution is -2.70. The number of carbonyl (C=O) groups excluding carboxylic acids is 2. The van der Waals surface area contributed by atoms with Crippen molar-refractivity contribution in [2.75, 3.05) is 17.2 Å². The lowest BCUT2D eigenvalue weighted by molar-refractivity contribution is -0.150. The van der Waals surface area contributed by atoms with Crippen LogP contribution in [0, 0.1) is 0 Å². The molecule has 0 aliphatic carbocycles. The number of β-lactam (4-membered cyclic amide) rings is 1. The third kappa shape index (κ3) is 4.05. The van der Waals surface area contributed by atoms with Gasteiger partial charge in [-0.25, -0.2) is 9.78 Å². The molecule has 30 heavy (non-hydrogen) atoms. The number of benzene rings is 1. The number of para-hydroxylation sites is 1. The summed E-state index contributed by atoms with van der Waals surface area (Å²) < 4.78 is 0.847. The molecule has 1 fully saturated rings. The van der Waals surface area contributed by atoms with Gasteiger partial charge in [-0.3, -0.25) is 14.5 Å². The molecule has 2 aromatic rings. The van der Waals surface area contributed by atoms with Crippen LogP contribution in [-0.4, -0.2) is 55.7 Å². The SMILES string of the molecule is Nc1ccccc1CC(=O)NC1C(=O)N2C(C(=O)O)=C(CSc3nccs3)CS[C@H]12. The number of thiazole rings is 1. The number of aliphatic carboxylic acids is 1. The first kappa shape index (κ1) is 20.8. The van der Waals surface area contributed by atoms with E-state index in [9.17, 15) is 19.5 Å². The lowest BCUT2D eigenvalue weighted by Gasteiger charge is -2.49. The van der Waals surface area contributed by atoms with E-state index < -0.39 is 23.3 Å². The fourth-order valence-corrected chi connectivity index (χ4v) is 6.44. The van der Waals surface area contributed by atoms with E-state index in [0.717, 1.165) is 4.34 Å². The molecule has 2 aliphatic heterocycles. The van der Waals surface area contributed by atoms with Gasteiger partial charge in [-0.15, -0.1) is 23.1 Å². The summed E-state index contributed by atoms with van der Waals surface area (Å²) >= 11 is 4.39. The summed E-state index contributed by atoms with van der Waals surface area (Å²) in [4.78, 5) is 42.5. The first-order chi connectivity index (χ1) is 14.5. The highest BCUT2D eigenvalue weighted by atomic mass is 32.2. The van der Waals surface area contributed by atoms with Crippen molar-refractivity contribution < 1.29 is 19.5 Å². The van der Waals surface area contributed by atoms with Gasteiger partial charge < -0.3 is 16.2 Å². The van der Waals surface area contributed by atoms with Crippen molar-refractivity contribution in [3.8, 4) is 0 Å². The molecule has 1 saturated heterocycles. The highest BCUT2D eigenvalue weighted by Gasteiger charge is 2.54. The fraction of sp³-hybridized carbons (Fsp3) is 0.263. The maximum absolute atomic E-state index is 12.7. The number of rotatable bonds is 7. The molecule has 2 amide bonds. The predicted molar refractivity (Wildman–Crippen MR) is 117 cm³/mol. The molecule has 1 aromatic carbocycles. The Bertz CT molecular complexity index is 1020. The predicted octanol–water partition coefficient (Wildman–Crippen LogP) is 1.80. The summed E-state index contributed by atoms with van der Waals surface area (Å²) in [6, 6.07) is 6.31. The maximum Gasteiger partial charge on any atom is 0.352 e. The van der Waals surface area contributed by atoms with E-state index in [0.29, 0.717) is 28.3 Å². The zero-order valence-electron chi connectivity index (χ0n) is 15.6. The van der Waals surface area contributed by atoms with E-state index in [2.05, 4.69) is 10.3 Å². The Labute approximate surface area is 184 Å². The Balaban J connectivity index is 1.44. The van der Waals surface area contributed by atoms with Crippen LogP contribution in [0.25, 0.3) is 0 Å². The van der Waals surface area contributed by atoms with E-state index in [1.807, 2.05) is 5.38 Å². The molecule has 4 rings (SSSR count). The van der Waals surface area contributed by atoms with Crippen molar-refractivity contribution in [1.29, 1.82) is 0 Å². The second-order valence-electron chi connectivity index (χ2n) is 6.67. The van der Waals surface area contributed by atoms with Crippen molar-refractivity contribution in [2.24, 2.45) is 0 Å². The van der Waals surface area contributed by atoms with Gasteiger partial charge in [0, 0.05) is 28.8 Å². The average molecular weight is 463 g/mol. The van der Waals surface area contributed by atoms with Crippen LogP contribution in [0.4, 0.5) is 5.69 Å². The second kappa shape index (κ2) is 8.70. The summed E-state index contributed by atoms with van der Waals surface area (Å²) in [6.45, 7) is 0. The van der Waals surface area contributed by atoms with Crippen LogP contribution in [-0.2, 0) is 20.8 Å². The number of carboxylic acids is 1. The number of hydrogen-bond acceptors (Lipinski definition) is 8. The molecular formula is C19H18N4O4S3. The first-order valence-corrected chi connectivity index (χ1v) is 11.9. The Morgan fingerprint density at radius 1 is 1.37 bits per heavy atom. The maximum atomic E-state index is 12.7. The fourth-order valence-electron chi connectivity index (χ4n) is 3.32. The number of carboxylic acid groups (broad SMARTS) is 1. The number of nitrogen functional groups attached to an aromatic ring is 1. The largest absolute Gasteiger partial charge is 0.477 e. The normalized spacial score (nSPS) is 20.5. The van der Waals surface area contributed by atoms with Crippen LogP contribution in [0.5, 0.6) is 0 Å². The van der Waals surface area contributed by atoms with Gasteiger partial charge in [-0.05, 0) is 17.2 Å². The quantitative estimate of drug-likeness (QED) is 0.323. The Kier molecular flexibility index (Phi) is 6.02. The van der Waals surface area contributed by atoms with E-state index in [1.54, 1.807) is 30.5 Å². The van der Waals surface area contributed by atoms with E-state index in [1.165, 1.54) is 39.8 Å². The lowest BCUT2D eigenvalue weighted by atomic mass is 10.0. The molecule has 0 radical (unpaired) electrons. The van der Waals surface area contributed by atoms with Crippen LogP contribution in [0.3, 0.4) is 0 Å². The Morgan fingerprint density at radius 3 is 2.87 bits per heavy atom. The average Bonchev–Trinajstić information content (AvgIpc) is 3.25.